The second kappa shape index (κ2) is 8.36. The van der Waals surface area contributed by atoms with Crippen LogP contribution >= 0.6 is 11.8 Å². The van der Waals surface area contributed by atoms with Gasteiger partial charge in [-0.05, 0) is 42.3 Å². The van der Waals surface area contributed by atoms with Crippen LogP contribution in [0.3, 0.4) is 0 Å². The van der Waals surface area contributed by atoms with E-state index in [1.54, 1.807) is 26.0 Å². The number of amides is 1. The molecule has 0 spiro atoms. The molecule has 2 aromatic rings. The van der Waals surface area contributed by atoms with Crippen LogP contribution in [0.2, 0.25) is 0 Å². The predicted octanol–water partition coefficient (Wildman–Crippen LogP) is 3.88. The number of carbonyl (C=O) groups excluding carboxylic acids is 1. The summed E-state index contributed by atoms with van der Waals surface area (Å²) in [5, 5.41) is -0.0327. The minimum absolute atomic E-state index is 0.0327. The van der Waals surface area contributed by atoms with Crippen LogP contribution < -0.4 is 14.2 Å². The van der Waals surface area contributed by atoms with Gasteiger partial charge in [0.1, 0.15) is 11.1 Å². The van der Waals surface area contributed by atoms with E-state index < -0.39 is 0 Å². The lowest BCUT2D eigenvalue weighted by atomic mass is 10.1. The lowest BCUT2D eigenvalue weighted by molar-refractivity contribution is -0.128. The van der Waals surface area contributed by atoms with E-state index >= 15 is 0 Å². The first kappa shape index (κ1) is 18.5. The molecule has 1 saturated heterocycles. The number of hydrogen-bond acceptors (Lipinski definition) is 5. The number of nitrogens with zero attached hydrogens (tertiary/aromatic N) is 1. The number of methoxy groups -OCH3 is 2. The smallest absolute Gasteiger partial charge is 0.234 e. The average Bonchev–Trinajstić information content (AvgIpc) is 3.03. The fraction of sp³-hybridized carbons (Fsp3) is 0.350. The zero-order chi connectivity index (χ0) is 18.5. The van der Waals surface area contributed by atoms with E-state index in [1.165, 1.54) is 0 Å². The van der Waals surface area contributed by atoms with Gasteiger partial charge in [0, 0.05) is 6.54 Å². The number of rotatable bonds is 7. The van der Waals surface area contributed by atoms with E-state index in [2.05, 4.69) is 0 Å². The van der Waals surface area contributed by atoms with Gasteiger partial charge in [-0.25, -0.2) is 0 Å². The largest absolute Gasteiger partial charge is 0.497 e. The van der Waals surface area contributed by atoms with E-state index in [4.69, 9.17) is 14.2 Å². The predicted molar refractivity (Wildman–Crippen MR) is 103 cm³/mol. The summed E-state index contributed by atoms with van der Waals surface area (Å²) in [4.78, 5) is 14.4. The van der Waals surface area contributed by atoms with Gasteiger partial charge in [0.2, 0.25) is 5.91 Å². The Labute approximate surface area is 158 Å². The molecule has 1 aliphatic rings. The summed E-state index contributed by atoms with van der Waals surface area (Å²) in [5.41, 5.74) is 2.11. The van der Waals surface area contributed by atoms with Crippen LogP contribution in [0.15, 0.2) is 42.5 Å². The van der Waals surface area contributed by atoms with Crippen LogP contribution in [0.25, 0.3) is 0 Å². The number of hydrogen-bond donors (Lipinski definition) is 0. The SMILES string of the molecule is CCOc1cc(C2SCC(=O)N2Cc2ccc(OC)cc2)ccc1OC. The monoisotopic (exact) mass is 373 g/mol. The highest BCUT2D eigenvalue weighted by atomic mass is 32.2. The Hall–Kier alpha value is -2.34. The Balaban J connectivity index is 1.83. The molecule has 6 heteroatoms. The fourth-order valence-electron chi connectivity index (χ4n) is 2.94. The first-order chi connectivity index (χ1) is 12.7. The Morgan fingerprint density at radius 3 is 2.50 bits per heavy atom. The molecule has 0 aromatic heterocycles. The average molecular weight is 373 g/mol. The molecule has 0 saturated carbocycles. The van der Waals surface area contributed by atoms with Crippen LogP contribution in [0.4, 0.5) is 0 Å². The maximum atomic E-state index is 12.4. The Morgan fingerprint density at radius 1 is 1.08 bits per heavy atom. The van der Waals surface area contributed by atoms with Crippen LogP contribution in [0, 0.1) is 0 Å². The van der Waals surface area contributed by atoms with Gasteiger partial charge in [-0.15, -0.1) is 11.8 Å². The van der Waals surface area contributed by atoms with Gasteiger partial charge < -0.3 is 19.1 Å². The molecule has 26 heavy (non-hydrogen) atoms. The first-order valence-electron chi connectivity index (χ1n) is 8.51. The summed E-state index contributed by atoms with van der Waals surface area (Å²) in [5.74, 6) is 2.84. The van der Waals surface area contributed by atoms with Gasteiger partial charge in [0.25, 0.3) is 0 Å². The minimum Gasteiger partial charge on any atom is -0.497 e. The second-order valence-electron chi connectivity index (χ2n) is 5.88. The minimum atomic E-state index is -0.0327. The van der Waals surface area contributed by atoms with Crippen molar-refractivity contribution >= 4 is 17.7 Å². The van der Waals surface area contributed by atoms with Gasteiger partial charge in [-0.3, -0.25) is 4.79 Å². The molecule has 1 unspecified atom stereocenters. The summed E-state index contributed by atoms with van der Waals surface area (Å²) >= 11 is 1.63. The number of thioether (sulfide) groups is 1. The van der Waals surface area contributed by atoms with Crippen LogP contribution in [-0.4, -0.2) is 37.4 Å². The summed E-state index contributed by atoms with van der Waals surface area (Å²) in [6.07, 6.45) is 0. The first-order valence-corrected chi connectivity index (χ1v) is 9.56. The van der Waals surface area contributed by atoms with Crippen molar-refractivity contribution in [3.05, 3.63) is 53.6 Å². The van der Waals surface area contributed by atoms with Gasteiger partial charge in [-0.1, -0.05) is 18.2 Å². The zero-order valence-corrected chi connectivity index (χ0v) is 16.0. The molecule has 1 atom stereocenters. The third kappa shape index (κ3) is 3.90. The quantitative estimate of drug-likeness (QED) is 0.737. The van der Waals surface area contributed by atoms with Crippen molar-refractivity contribution < 1.29 is 19.0 Å². The highest BCUT2D eigenvalue weighted by Crippen LogP contribution is 2.42. The molecule has 3 rings (SSSR count). The van der Waals surface area contributed by atoms with Gasteiger partial charge in [0.15, 0.2) is 11.5 Å². The van der Waals surface area contributed by atoms with Crippen molar-refractivity contribution in [1.29, 1.82) is 0 Å². The lowest BCUT2D eigenvalue weighted by Gasteiger charge is -2.25. The lowest BCUT2D eigenvalue weighted by Crippen LogP contribution is -2.27. The fourth-order valence-corrected chi connectivity index (χ4v) is 4.12. The molecule has 1 fully saturated rings. The van der Waals surface area contributed by atoms with E-state index in [0.717, 1.165) is 16.9 Å². The van der Waals surface area contributed by atoms with Gasteiger partial charge >= 0.3 is 0 Å². The van der Waals surface area contributed by atoms with Crippen LogP contribution in [-0.2, 0) is 11.3 Å². The summed E-state index contributed by atoms with van der Waals surface area (Å²) in [6.45, 7) is 3.07. The highest BCUT2D eigenvalue weighted by Gasteiger charge is 2.33. The molecule has 2 aromatic carbocycles. The van der Waals surface area contributed by atoms with Gasteiger partial charge in [0.05, 0.1) is 26.6 Å². The van der Waals surface area contributed by atoms with Crippen molar-refractivity contribution in [3.63, 3.8) is 0 Å². The number of carbonyl (C=O) groups is 1. The molecule has 0 aliphatic carbocycles. The maximum Gasteiger partial charge on any atom is 0.234 e. The molecular weight excluding hydrogens is 350 g/mol. The Kier molecular flexibility index (Phi) is 5.93. The van der Waals surface area contributed by atoms with E-state index in [-0.39, 0.29) is 11.3 Å². The summed E-state index contributed by atoms with van der Waals surface area (Å²) in [6, 6.07) is 13.7. The molecule has 0 radical (unpaired) electrons. The third-order valence-electron chi connectivity index (χ3n) is 4.25. The summed E-state index contributed by atoms with van der Waals surface area (Å²) < 4.78 is 16.2. The Morgan fingerprint density at radius 2 is 1.85 bits per heavy atom. The molecule has 1 heterocycles. The molecule has 0 N–H and O–H groups in total. The standard InChI is InChI=1S/C20H23NO4S/c1-4-25-18-11-15(7-10-17(18)24-3)20-21(19(22)13-26-20)12-14-5-8-16(23-2)9-6-14/h5-11,20H,4,12-13H2,1-3H3. The Bertz CT molecular complexity index is 763. The highest BCUT2D eigenvalue weighted by molar-refractivity contribution is 8.00. The third-order valence-corrected chi connectivity index (χ3v) is 5.51. The van der Waals surface area contributed by atoms with Crippen molar-refractivity contribution in [2.75, 3.05) is 26.6 Å². The molecule has 1 amide bonds. The van der Waals surface area contributed by atoms with Crippen molar-refractivity contribution in [2.24, 2.45) is 0 Å². The molecule has 1 aliphatic heterocycles. The van der Waals surface area contributed by atoms with Crippen LogP contribution in [0.1, 0.15) is 23.4 Å². The van der Waals surface area contributed by atoms with E-state index in [1.807, 2.05) is 54.3 Å². The van der Waals surface area contributed by atoms with Crippen molar-refractivity contribution in [1.82, 2.24) is 4.90 Å². The molecule has 138 valence electrons. The maximum absolute atomic E-state index is 12.4. The van der Waals surface area contributed by atoms with Gasteiger partial charge in [-0.2, -0.15) is 0 Å². The topological polar surface area (TPSA) is 48.0 Å². The normalized spacial score (nSPS) is 16.7. The zero-order valence-electron chi connectivity index (χ0n) is 15.2. The molecular formula is C20H23NO4S. The summed E-state index contributed by atoms with van der Waals surface area (Å²) in [7, 11) is 3.27. The van der Waals surface area contributed by atoms with Crippen LogP contribution in [0.5, 0.6) is 17.2 Å². The van der Waals surface area contributed by atoms with Crippen molar-refractivity contribution in [3.8, 4) is 17.2 Å². The van der Waals surface area contributed by atoms with E-state index in [9.17, 15) is 4.79 Å². The van der Waals surface area contributed by atoms with Crippen molar-refractivity contribution in [2.45, 2.75) is 18.8 Å². The second-order valence-corrected chi connectivity index (χ2v) is 6.94. The van der Waals surface area contributed by atoms with E-state index in [0.29, 0.717) is 30.4 Å². The number of benzene rings is 2. The molecule has 5 nitrogen and oxygen atoms in total. The number of ether oxygens (including phenoxy) is 3. The molecule has 0 bridgehead atoms.